The Balaban J connectivity index is 1.72. The van der Waals surface area contributed by atoms with Gasteiger partial charge in [0.15, 0.2) is 0 Å². The van der Waals surface area contributed by atoms with Gasteiger partial charge in [-0.1, -0.05) is 17.3 Å². The highest BCUT2D eigenvalue weighted by molar-refractivity contribution is 5.88. The summed E-state index contributed by atoms with van der Waals surface area (Å²) in [5, 5.41) is 16.9. The molecule has 0 saturated heterocycles. The van der Waals surface area contributed by atoms with Crippen molar-refractivity contribution >= 4 is 22.8 Å². The zero-order valence-electron chi connectivity index (χ0n) is 10.9. The van der Waals surface area contributed by atoms with Gasteiger partial charge in [-0.25, -0.2) is 9.78 Å². The van der Waals surface area contributed by atoms with Gasteiger partial charge in [-0.15, -0.1) is 5.10 Å². The minimum Gasteiger partial charge on any atom is -0.295 e. The third-order valence-electron chi connectivity index (χ3n) is 2.85. The van der Waals surface area contributed by atoms with E-state index in [2.05, 4.69) is 30.8 Å². The molecule has 0 aliphatic heterocycles. The van der Waals surface area contributed by atoms with E-state index in [0.717, 1.165) is 0 Å². The number of hydrogen-bond acceptors (Lipinski definition) is 6. The van der Waals surface area contributed by atoms with E-state index in [4.69, 9.17) is 0 Å². The minimum absolute atomic E-state index is 0.0770. The molecule has 0 saturated carbocycles. The highest BCUT2D eigenvalue weighted by Crippen LogP contribution is 2.03. The number of fused-ring (bicyclic) bond motifs is 1. The van der Waals surface area contributed by atoms with E-state index >= 15 is 0 Å². The van der Waals surface area contributed by atoms with Crippen molar-refractivity contribution in [3.05, 3.63) is 40.9 Å². The Labute approximate surface area is 118 Å². The van der Waals surface area contributed by atoms with Crippen molar-refractivity contribution in [2.24, 2.45) is 0 Å². The second-order valence-corrected chi connectivity index (χ2v) is 4.27. The highest BCUT2D eigenvalue weighted by Gasteiger charge is 2.08. The summed E-state index contributed by atoms with van der Waals surface area (Å²) in [6, 6.07) is 6.93. The van der Waals surface area contributed by atoms with Gasteiger partial charge in [0, 0.05) is 6.42 Å². The topological polar surface area (TPSA) is 118 Å². The van der Waals surface area contributed by atoms with Crippen molar-refractivity contribution < 1.29 is 4.79 Å². The lowest BCUT2D eigenvalue weighted by Gasteiger charge is -2.04. The maximum Gasteiger partial charge on any atom is 0.277 e. The third-order valence-corrected chi connectivity index (χ3v) is 2.85. The molecule has 0 aliphatic carbocycles. The van der Waals surface area contributed by atoms with Crippen molar-refractivity contribution in [3.8, 4) is 0 Å². The Kier molecular flexibility index (Phi) is 3.37. The summed E-state index contributed by atoms with van der Waals surface area (Å²) < 4.78 is 1.17. The number of nitrogens with zero attached hydrogens (tertiary/aromatic N) is 5. The number of carbonyl (C=O) groups is 1. The average Bonchev–Trinajstić information content (AvgIpc) is 3.00. The molecule has 9 heteroatoms. The van der Waals surface area contributed by atoms with Gasteiger partial charge in [-0.05, 0) is 12.1 Å². The molecule has 0 aliphatic rings. The summed E-state index contributed by atoms with van der Waals surface area (Å²) in [5.41, 5.74) is 0.262. The number of hydrogen-bond donors (Lipinski definition) is 2. The van der Waals surface area contributed by atoms with Crippen LogP contribution in [0.5, 0.6) is 0 Å². The smallest absolute Gasteiger partial charge is 0.277 e. The van der Waals surface area contributed by atoms with Crippen molar-refractivity contribution in [2.75, 3.05) is 5.32 Å². The SMILES string of the molecule is O=C(CCn1nnc2ccccc2c1=O)Nc1ncn[nH]1. The Hall–Kier alpha value is -3.10. The van der Waals surface area contributed by atoms with Gasteiger partial charge in [-0.3, -0.25) is 14.9 Å². The number of nitrogens with one attached hydrogen (secondary N) is 2. The van der Waals surface area contributed by atoms with E-state index in [1.165, 1.54) is 11.0 Å². The molecule has 3 rings (SSSR count). The Bertz CT molecular complexity index is 825. The van der Waals surface area contributed by atoms with Gasteiger partial charge < -0.3 is 0 Å². The van der Waals surface area contributed by atoms with E-state index in [9.17, 15) is 9.59 Å². The molecule has 0 fully saturated rings. The van der Waals surface area contributed by atoms with Crippen molar-refractivity contribution in [1.29, 1.82) is 0 Å². The van der Waals surface area contributed by atoms with Gasteiger partial charge in [0.05, 0.1) is 11.9 Å². The number of amides is 1. The predicted molar refractivity (Wildman–Crippen MR) is 73.4 cm³/mol. The molecule has 0 unspecified atom stereocenters. The largest absolute Gasteiger partial charge is 0.295 e. The van der Waals surface area contributed by atoms with Gasteiger partial charge in [0.2, 0.25) is 11.9 Å². The van der Waals surface area contributed by atoms with E-state index < -0.39 is 0 Å². The third kappa shape index (κ3) is 2.76. The zero-order valence-corrected chi connectivity index (χ0v) is 10.9. The number of rotatable bonds is 4. The zero-order chi connectivity index (χ0) is 14.7. The molecule has 3 aromatic rings. The van der Waals surface area contributed by atoms with Crippen LogP contribution in [0.2, 0.25) is 0 Å². The number of carbonyl (C=O) groups excluding carboxylic acids is 1. The van der Waals surface area contributed by atoms with E-state index in [0.29, 0.717) is 10.9 Å². The van der Waals surface area contributed by atoms with Crippen LogP contribution in [-0.4, -0.2) is 36.1 Å². The van der Waals surface area contributed by atoms with Crippen LogP contribution in [0.4, 0.5) is 5.95 Å². The van der Waals surface area contributed by atoms with Gasteiger partial charge in [0.25, 0.3) is 5.56 Å². The van der Waals surface area contributed by atoms with Gasteiger partial charge >= 0.3 is 0 Å². The van der Waals surface area contributed by atoms with Crippen molar-refractivity contribution in [3.63, 3.8) is 0 Å². The summed E-state index contributed by atoms with van der Waals surface area (Å²) in [6.45, 7) is 0.136. The predicted octanol–water partition coefficient (Wildman–Crippen LogP) is -0.0616. The first-order valence-corrected chi connectivity index (χ1v) is 6.22. The van der Waals surface area contributed by atoms with E-state index in [1.807, 2.05) is 0 Å². The quantitative estimate of drug-likeness (QED) is 0.693. The Morgan fingerprint density at radius 2 is 2.19 bits per heavy atom. The summed E-state index contributed by atoms with van der Waals surface area (Å²) in [7, 11) is 0. The lowest BCUT2D eigenvalue weighted by molar-refractivity contribution is -0.116. The standard InChI is InChI=1S/C12H11N7O2/c20-10(15-12-13-7-14-17-12)5-6-19-11(21)8-3-1-2-4-9(8)16-18-19/h1-4,7H,5-6H2,(H2,13,14,15,17,20). The molecular weight excluding hydrogens is 274 g/mol. The molecule has 2 heterocycles. The van der Waals surface area contributed by atoms with Crippen LogP contribution in [0.1, 0.15) is 6.42 Å². The maximum absolute atomic E-state index is 12.2. The number of benzene rings is 1. The number of aryl methyl sites for hydroxylation is 1. The fourth-order valence-electron chi connectivity index (χ4n) is 1.84. The second kappa shape index (κ2) is 5.49. The number of aromatic nitrogens is 6. The maximum atomic E-state index is 12.2. The Morgan fingerprint density at radius 3 is 3.00 bits per heavy atom. The molecule has 9 nitrogen and oxygen atoms in total. The summed E-state index contributed by atoms with van der Waals surface area (Å²) in [4.78, 5) is 27.6. The molecule has 21 heavy (non-hydrogen) atoms. The van der Waals surface area contributed by atoms with Crippen LogP contribution in [0.15, 0.2) is 35.4 Å². The van der Waals surface area contributed by atoms with Crippen LogP contribution >= 0.6 is 0 Å². The lowest BCUT2D eigenvalue weighted by Crippen LogP contribution is -2.26. The molecular formula is C12H11N7O2. The summed E-state index contributed by atoms with van der Waals surface area (Å²) >= 11 is 0. The summed E-state index contributed by atoms with van der Waals surface area (Å²) in [5.74, 6) is -0.0365. The summed E-state index contributed by atoms with van der Waals surface area (Å²) in [6.07, 6.45) is 1.36. The van der Waals surface area contributed by atoms with Crippen LogP contribution in [0, 0.1) is 0 Å². The first-order valence-electron chi connectivity index (χ1n) is 6.22. The molecule has 0 atom stereocenters. The monoisotopic (exact) mass is 285 g/mol. The molecule has 1 amide bonds. The fourth-order valence-corrected chi connectivity index (χ4v) is 1.84. The lowest BCUT2D eigenvalue weighted by atomic mass is 10.2. The molecule has 1 aromatic carbocycles. The molecule has 0 spiro atoms. The van der Waals surface area contributed by atoms with Crippen LogP contribution in [-0.2, 0) is 11.3 Å². The van der Waals surface area contributed by atoms with Crippen molar-refractivity contribution in [2.45, 2.75) is 13.0 Å². The van der Waals surface area contributed by atoms with Crippen LogP contribution in [0.3, 0.4) is 0 Å². The average molecular weight is 285 g/mol. The number of anilines is 1. The minimum atomic E-state index is -0.298. The first kappa shape index (κ1) is 12.9. The van der Waals surface area contributed by atoms with Crippen molar-refractivity contribution in [1.82, 2.24) is 30.2 Å². The van der Waals surface area contributed by atoms with E-state index in [1.54, 1.807) is 24.3 Å². The van der Waals surface area contributed by atoms with Gasteiger partial charge in [-0.2, -0.15) is 10.1 Å². The normalized spacial score (nSPS) is 10.7. The molecule has 0 bridgehead atoms. The van der Waals surface area contributed by atoms with E-state index in [-0.39, 0.29) is 30.4 Å². The number of aromatic amines is 1. The van der Waals surface area contributed by atoms with Crippen LogP contribution in [0.25, 0.3) is 10.9 Å². The molecule has 0 radical (unpaired) electrons. The molecule has 2 aromatic heterocycles. The Morgan fingerprint density at radius 1 is 1.33 bits per heavy atom. The van der Waals surface area contributed by atoms with Gasteiger partial charge in [0.1, 0.15) is 11.8 Å². The molecule has 106 valence electrons. The first-order chi connectivity index (χ1) is 10.2. The molecule has 2 N–H and O–H groups in total. The highest BCUT2D eigenvalue weighted by atomic mass is 16.2. The number of H-pyrrole nitrogens is 1. The second-order valence-electron chi connectivity index (χ2n) is 4.27. The van der Waals surface area contributed by atoms with Crippen LogP contribution < -0.4 is 10.9 Å². The fraction of sp³-hybridized carbons (Fsp3) is 0.167.